The number of hydrogen-bond acceptors (Lipinski definition) is 5. The molecule has 10 nitrogen and oxygen atoms in total. The van der Waals surface area contributed by atoms with Crippen molar-refractivity contribution in [2.24, 2.45) is 17.8 Å². The van der Waals surface area contributed by atoms with Gasteiger partial charge in [0.2, 0.25) is 17.6 Å². The summed E-state index contributed by atoms with van der Waals surface area (Å²) in [5, 5.41) is 11.5. The lowest BCUT2D eigenvalue weighted by Gasteiger charge is -2.38. The van der Waals surface area contributed by atoms with E-state index in [0.717, 1.165) is 51.4 Å². The minimum absolute atomic E-state index is 0.0309. The number of urea groups is 1. The highest BCUT2D eigenvalue weighted by Crippen LogP contribution is 2.42. The largest absolute Gasteiger partial charge is 0.347 e. The van der Waals surface area contributed by atoms with Crippen molar-refractivity contribution in [1.29, 1.82) is 0 Å². The van der Waals surface area contributed by atoms with E-state index < -0.39 is 35.7 Å². The smallest absolute Gasteiger partial charge is 0.315 e. The SMILES string of the molecule is CCC1(NC(=O)N[C@H](C(=O)N2C[C@H](C)C[C@H]2C(=O)N[C@@H](C)C(=O)C(=O)NC2CC2)C2CC2C)CCCCC1. The fourth-order valence-corrected chi connectivity index (χ4v) is 6.15. The summed E-state index contributed by atoms with van der Waals surface area (Å²) in [6.07, 6.45) is 9.11. The number of likely N-dealkylation sites (tertiary alicyclic amines) is 1. The third kappa shape index (κ3) is 6.67. The number of hydrogen-bond donors (Lipinski definition) is 4. The molecule has 4 rings (SSSR count). The van der Waals surface area contributed by atoms with Gasteiger partial charge in [0.25, 0.3) is 5.91 Å². The number of carbonyl (C=O) groups is 5. The molecule has 0 bridgehead atoms. The van der Waals surface area contributed by atoms with Gasteiger partial charge in [-0.1, -0.05) is 40.0 Å². The van der Waals surface area contributed by atoms with Crippen LogP contribution in [0.4, 0.5) is 4.79 Å². The van der Waals surface area contributed by atoms with Crippen LogP contribution in [0.15, 0.2) is 0 Å². The van der Waals surface area contributed by atoms with Crippen molar-refractivity contribution in [1.82, 2.24) is 26.2 Å². The van der Waals surface area contributed by atoms with E-state index in [2.05, 4.69) is 35.1 Å². The molecular formula is C28H45N5O5. The highest BCUT2D eigenvalue weighted by Gasteiger charge is 2.49. The fourth-order valence-electron chi connectivity index (χ4n) is 6.15. The Hall–Kier alpha value is -2.65. The van der Waals surface area contributed by atoms with Gasteiger partial charge in [-0.05, 0) is 69.6 Å². The maximum Gasteiger partial charge on any atom is 0.315 e. The molecule has 5 amide bonds. The highest BCUT2D eigenvalue weighted by atomic mass is 16.2. The van der Waals surface area contributed by atoms with E-state index in [1.54, 1.807) is 4.90 Å². The van der Waals surface area contributed by atoms with Gasteiger partial charge in [-0.25, -0.2) is 4.79 Å². The Morgan fingerprint density at radius 1 is 0.974 bits per heavy atom. The average Bonchev–Trinajstić information content (AvgIpc) is 3.81. The zero-order valence-electron chi connectivity index (χ0n) is 23.3. The molecule has 38 heavy (non-hydrogen) atoms. The third-order valence-corrected chi connectivity index (χ3v) is 9.00. The summed E-state index contributed by atoms with van der Waals surface area (Å²) >= 11 is 0. The second-order valence-corrected chi connectivity index (χ2v) is 12.3. The molecule has 4 N–H and O–H groups in total. The summed E-state index contributed by atoms with van der Waals surface area (Å²) in [6.45, 7) is 8.03. The Bertz CT molecular complexity index is 944. The number of nitrogens with zero attached hydrogens (tertiary/aromatic N) is 1. The predicted octanol–water partition coefficient (Wildman–Crippen LogP) is 2.01. The monoisotopic (exact) mass is 531 g/mol. The van der Waals surface area contributed by atoms with Crippen LogP contribution in [-0.4, -0.2) is 70.7 Å². The summed E-state index contributed by atoms with van der Waals surface area (Å²) in [6, 6.07) is -2.71. The molecule has 212 valence electrons. The van der Waals surface area contributed by atoms with Gasteiger partial charge in [0.15, 0.2) is 0 Å². The van der Waals surface area contributed by atoms with E-state index in [4.69, 9.17) is 0 Å². The van der Waals surface area contributed by atoms with Gasteiger partial charge < -0.3 is 26.2 Å². The molecule has 6 atom stereocenters. The summed E-state index contributed by atoms with van der Waals surface area (Å²) in [4.78, 5) is 66.4. The second-order valence-electron chi connectivity index (χ2n) is 12.3. The van der Waals surface area contributed by atoms with E-state index in [-0.39, 0.29) is 35.4 Å². The van der Waals surface area contributed by atoms with Crippen LogP contribution in [0.5, 0.6) is 0 Å². The standard InChI is InChI=1S/C28H45N5O5/c1-5-28(11-7-6-8-12-28)32-27(38)31-22(20-14-17(20)3)26(37)33-15-16(2)13-21(33)24(35)29-18(4)23(34)25(36)30-19-9-10-19/h16-22H,5-15H2,1-4H3,(H,29,35)(H,30,36)(H2,31,32,38)/t16-,17?,18+,20?,21+,22+/m1/s1. The van der Waals surface area contributed by atoms with Crippen molar-refractivity contribution in [3.63, 3.8) is 0 Å². The maximum atomic E-state index is 13.8. The maximum absolute atomic E-state index is 13.8. The van der Waals surface area contributed by atoms with E-state index in [1.807, 2.05) is 6.92 Å². The van der Waals surface area contributed by atoms with Gasteiger partial charge >= 0.3 is 6.03 Å². The average molecular weight is 532 g/mol. The van der Waals surface area contributed by atoms with Gasteiger partial charge in [-0.3, -0.25) is 19.2 Å². The van der Waals surface area contributed by atoms with Crippen LogP contribution >= 0.6 is 0 Å². The molecule has 4 fully saturated rings. The Morgan fingerprint density at radius 2 is 1.63 bits per heavy atom. The van der Waals surface area contributed by atoms with Crippen LogP contribution < -0.4 is 21.3 Å². The third-order valence-electron chi connectivity index (χ3n) is 9.00. The minimum Gasteiger partial charge on any atom is -0.347 e. The van der Waals surface area contributed by atoms with Crippen LogP contribution in [0.1, 0.15) is 91.9 Å². The molecule has 0 aromatic rings. The first-order chi connectivity index (χ1) is 18.0. The van der Waals surface area contributed by atoms with Crippen molar-refractivity contribution < 1.29 is 24.0 Å². The molecule has 2 unspecified atom stereocenters. The zero-order chi connectivity index (χ0) is 27.6. The Morgan fingerprint density at radius 3 is 2.21 bits per heavy atom. The van der Waals surface area contributed by atoms with Gasteiger partial charge in [-0.15, -0.1) is 0 Å². The van der Waals surface area contributed by atoms with E-state index in [9.17, 15) is 24.0 Å². The lowest BCUT2D eigenvalue weighted by molar-refractivity contribution is -0.142. The molecule has 1 heterocycles. The number of nitrogens with one attached hydrogen (secondary N) is 4. The van der Waals surface area contributed by atoms with Crippen molar-refractivity contribution in [3.8, 4) is 0 Å². The number of rotatable bonds is 10. The van der Waals surface area contributed by atoms with Gasteiger partial charge in [0.05, 0.1) is 6.04 Å². The van der Waals surface area contributed by atoms with E-state index in [1.165, 1.54) is 13.3 Å². The summed E-state index contributed by atoms with van der Waals surface area (Å²) in [7, 11) is 0. The fraction of sp³-hybridized carbons (Fsp3) is 0.821. The molecule has 3 saturated carbocycles. The van der Waals surface area contributed by atoms with Crippen LogP contribution in [0.25, 0.3) is 0 Å². The van der Waals surface area contributed by atoms with Crippen LogP contribution in [0, 0.1) is 17.8 Å². The molecule has 10 heteroatoms. The van der Waals surface area contributed by atoms with Crippen molar-refractivity contribution >= 4 is 29.5 Å². The van der Waals surface area contributed by atoms with Gasteiger partial charge in [-0.2, -0.15) is 0 Å². The predicted molar refractivity (Wildman–Crippen MR) is 142 cm³/mol. The normalized spacial score (nSPS) is 29.5. The number of Topliss-reactive ketones (excluding diaryl/α,β-unsaturated/α-hetero) is 1. The first kappa shape index (κ1) is 28.4. The topological polar surface area (TPSA) is 137 Å². The molecular weight excluding hydrogens is 486 g/mol. The van der Waals surface area contributed by atoms with Crippen molar-refractivity contribution in [2.75, 3.05) is 6.54 Å². The van der Waals surface area contributed by atoms with Gasteiger partial charge in [0, 0.05) is 18.1 Å². The Kier molecular flexibility index (Phi) is 8.67. The molecule has 0 aromatic carbocycles. The minimum atomic E-state index is -0.988. The molecule has 4 aliphatic rings. The lowest BCUT2D eigenvalue weighted by Crippen LogP contribution is -2.59. The van der Waals surface area contributed by atoms with Crippen LogP contribution in [0.2, 0.25) is 0 Å². The Labute approximate surface area is 225 Å². The number of ketones is 1. The number of carbonyl (C=O) groups excluding carboxylic acids is 5. The summed E-state index contributed by atoms with van der Waals surface area (Å²) in [5.41, 5.74) is -0.232. The molecule has 0 spiro atoms. The van der Waals surface area contributed by atoms with Crippen LogP contribution in [-0.2, 0) is 19.2 Å². The van der Waals surface area contributed by atoms with Crippen molar-refractivity contribution in [2.45, 2.75) is 122 Å². The number of amides is 5. The van der Waals surface area contributed by atoms with E-state index >= 15 is 0 Å². The highest BCUT2D eigenvalue weighted by molar-refractivity contribution is 6.38. The first-order valence-corrected chi connectivity index (χ1v) is 14.6. The first-order valence-electron chi connectivity index (χ1n) is 14.6. The Balaban J connectivity index is 1.40. The van der Waals surface area contributed by atoms with Gasteiger partial charge in [0.1, 0.15) is 12.1 Å². The zero-order valence-corrected chi connectivity index (χ0v) is 23.3. The molecule has 0 aromatic heterocycles. The quantitative estimate of drug-likeness (QED) is 0.320. The second kappa shape index (κ2) is 11.6. The summed E-state index contributed by atoms with van der Waals surface area (Å²) in [5.74, 6) is -1.63. The lowest BCUT2D eigenvalue weighted by atomic mass is 9.80. The molecule has 1 saturated heterocycles. The summed E-state index contributed by atoms with van der Waals surface area (Å²) < 4.78 is 0. The van der Waals surface area contributed by atoms with Crippen LogP contribution in [0.3, 0.4) is 0 Å². The van der Waals surface area contributed by atoms with Crippen molar-refractivity contribution in [3.05, 3.63) is 0 Å². The molecule has 0 radical (unpaired) electrons. The molecule has 1 aliphatic heterocycles. The molecule has 3 aliphatic carbocycles. The van der Waals surface area contributed by atoms with E-state index in [0.29, 0.717) is 18.9 Å².